The lowest BCUT2D eigenvalue weighted by molar-refractivity contribution is 0.194. The molecule has 0 atom stereocenters. The van der Waals surface area contributed by atoms with Crippen LogP contribution in [0.1, 0.15) is 12.8 Å². The summed E-state index contributed by atoms with van der Waals surface area (Å²) in [6.45, 7) is 0.791. The fourth-order valence-electron chi connectivity index (χ4n) is 1.55. The molecule has 5 nitrogen and oxygen atoms in total. The van der Waals surface area contributed by atoms with E-state index in [4.69, 9.17) is 16.3 Å². The average Bonchev–Trinajstić information content (AvgIpc) is 2.87. The van der Waals surface area contributed by atoms with Crippen molar-refractivity contribution in [2.45, 2.75) is 18.0 Å². The summed E-state index contributed by atoms with van der Waals surface area (Å²) in [7, 11) is 1.72. The van der Waals surface area contributed by atoms with Crippen LogP contribution >= 0.6 is 23.4 Å². The summed E-state index contributed by atoms with van der Waals surface area (Å²) in [6.07, 6.45) is 2.11. The predicted molar refractivity (Wildman–Crippen MR) is 76.0 cm³/mol. The maximum atomic E-state index is 5.97. The molecule has 1 heterocycles. The van der Waals surface area contributed by atoms with Crippen LogP contribution in [-0.2, 0) is 4.74 Å². The van der Waals surface area contributed by atoms with Gasteiger partial charge < -0.3 is 4.74 Å². The van der Waals surface area contributed by atoms with Gasteiger partial charge in [0.2, 0.25) is 5.16 Å². The van der Waals surface area contributed by atoms with Crippen molar-refractivity contribution < 1.29 is 4.74 Å². The van der Waals surface area contributed by atoms with E-state index in [-0.39, 0.29) is 0 Å². The number of hydrogen-bond donors (Lipinski definition) is 0. The highest BCUT2D eigenvalue weighted by atomic mass is 35.5. The van der Waals surface area contributed by atoms with Gasteiger partial charge in [0.25, 0.3) is 0 Å². The molecule has 0 N–H and O–H groups in total. The molecular weight excluding hydrogens is 284 g/mol. The molecule has 0 radical (unpaired) electrons. The molecule has 102 valence electrons. The van der Waals surface area contributed by atoms with Gasteiger partial charge in [0.05, 0.1) is 5.69 Å². The second-order valence-electron chi connectivity index (χ2n) is 3.90. The van der Waals surface area contributed by atoms with Crippen LogP contribution in [0.5, 0.6) is 0 Å². The van der Waals surface area contributed by atoms with Gasteiger partial charge in [-0.2, -0.15) is 4.68 Å². The quantitative estimate of drug-likeness (QED) is 0.581. The molecule has 2 aromatic rings. The molecule has 0 amide bonds. The lowest BCUT2D eigenvalue weighted by atomic mass is 10.3. The molecule has 0 bridgehead atoms. The van der Waals surface area contributed by atoms with E-state index < -0.39 is 0 Å². The highest BCUT2D eigenvalue weighted by molar-refractivity contribution is 7.99. The maximum Gasteiger partial charge on any atom is 0.214 e. The van der Waals surface area contributed by atoms with E-state index in [1.54, 1.807) is 23.6 Å². The molecule has 1 aromatic heterocycles. The smallest absolute Gasteiger partial charge is 0.214 e. The van der Waals surface area contributed by atoms with Crippen molar-refractivity contribution in [3.63, 3.8) is 0 Å². The van der Waals surface area contributed by atoms with Crippen molar-refractivity contribution in [3.8, 4) is 5.69 Å². The molecule has 0 fully saturated rings. The Balaban J connectivity index is 1.98. The van der Waals surface area contributed by atoms with Gasteiger partial charge in [-0.25, -0.2) is 0 Å². The zero-order valence-electron chi connectivity index (χ0n) is 10.6. The monoisotopic (exact) mass is 298 g/mol. The first-order chi connectivity index (χ1) is 9.31. The van der Waals surface area contributed by atoms with Crippen molar-refractivity contribution in [1.29, 1.82) is 0 Å². The Morgan fingerprint density at radius 2 is 2.26 bits per heavy atom. The molecular formula is C12H15ClN4OS. The third kappa shape index (κ3) is 4.19. The topological polar surface area (TPSA) is 52.8 Å². The fraction of sp³-hybridized carbons (Fsp3) is 0.417. The Morgan fingerprint density at radius 3 is 3.05 bits per heavy atom. The van der Waals surface area contributed by atoms with Gasteiger partial charge >= 0.3 is 0 Å². The molecule has 0 aliphatic heterocycles. The van der Waals surface area contributed by atoms with E-state index >= 15 is 0 Å². The number of rotatable bonds is 7. The SMILES string of the molecule is COCCCCSc1nnnn1-c1cccc(Cl)c1. The van der Waals surface area contributed by atoms with Gasteiger partial charge in [-0.3, -0.25) is 0 Å². The normalized spacial score (nSPS) is 10.8. The summed E-state index contributed by atoms with van der Waals surface area (Å²) in [6, 6.07) is 7.48. The average molecular weight is 299 g/mol. The van der Waals surface area contributed by atoms with E-state index in [0.29, 0.717) is 5.02 Å². The zero-order chi connectivity index (χ0) is 13.5. The Labute approximate surface area is 121 Å². The lowest BCUT2D eigenvalue weighted by Crippen LogP contribution is -1.99. The Hall–Kier alpha value is -1.11. The molecule has 0 saturated heterocycles. The lowest BCUT2D eigenvalue weighted by Gasteiger charge is -2.04. The third-order valence-corrected chi connectivity index (χ3v) is 3.71. The van der Waals surface area contributed by atoms with Crippen LogP contribution in [0.2, 0.25) is 5.02 Å². The van der Waals surface area contributed by atoms with Crippen molar-refractivity contribution in [3.05, 3.63) is 29.3 Å². The highest BCUT2D eigenvalue weighted by Gasteiger charge is 2.08. The van der Waals surface area contributed by atoms with Gasteiger partial charge in [0.1, 0.15) is 0 Å². The molecule has 0 aliphatic carbocycles. The number of hydrogen-bond acceptors (Lipinski definition) is 5. The van der Waals surface area contributed by atoms with E-state index in [2.05, 4.69) is 15.5 Å². The molecule has 0 aliphatic rings. The Bertz CT molecular complexity index is 520. The summed E-state index contributed by atoms with van der Waals surface area (Å²) in [4.78, 5) is 0. The number of methoxy groups -OCH3 is 1. The highest BCUT2D eigenvalue weighted by Crippen LogP contribution is 2.21. The van der Waals surface area contributed by atoms with Gasteiger partial charge in [-0.15, -0.1) is 5.10 Å². The van der Waals surface area contributed by atoms with Crippen LogP contribution in [0.15, 0.2) is 29.4 Å². The number of nitrogens with zero attached hydrogens (tertiary/aromatic N) is 4. The molecule has 7 heteroatoms. The molecule has 0 spiro atoms. The van der Waals surface area contributed by atoms with Crippen molar-refractivity contribution >= 4 is 23.4 Å². The minimum Gasteiger partial charge on any atom is -0.385 e. The van der Waals surface area contributed by atoms with Crippen molar-refractivity contribution in [1.82, 2.24) is 20.2 Å². The van der Waals surface area contributed by atoms with Crippen LogP contribution in [-0.4, -0.2) is 39.7 Å². The number of ether oxygens (including phenoxy) is 1. The largest absolute Gasteiger partial charge is 0.385 e. The van der Waals surface area contributed by atoms with E-state index in [0.717, 1.165) is 36.0 Å². The Kier molecular flexibility index (Phi) is 5.62. The first kappa shape index (κ1) is 14.3. The fourth-order valence-corrected chi connectivity index (χ4v) is 2.62. The second kappa shape index (κ2) is 7.47. The van der Waals surface area contributed by atoms with Gasteiger partial charge in [0, 0.05) is 24.5 Å². The standard InChI is InChI=1S/C12H15ClN4OS/c1-18-7-2-3-8-19-12-14-15-16-17(12)11-6-4-5-10(13)9-11/h4-6,9H,2-3,7-8H2,1H3. The van der Waals surface area contributed by atoms with Gasteiger partial charge in [-0.1, -0.05) is 29.4 Å². The third-order valence-electron chi connectivity index (χ3n) is 2.47. The van der Waals surface area contributed by atoms with E-state index in [1.165, 1.54) is 0 Å². The summed E-state index contributed by atoms with van der Waals surface area (Å²) < 4.78 is 6.72. The molecule has 2 rings (SSSR count). The summed E-state index contributed by atoms with van der Waals surface area (Å²) in [5, 5.41) is 13.2. The molecule has 19 heavy (non-hydrogen) atoms. The van der Waals surface area contributed by atoms with Gasteiger partial charge in [0.15, 0.2) is 0 Å². The predicted octanol–water partition coefficient (Wildman–Crippen LogP) is 2.83. The van der Waals surface area contributed by atoms with Crippen molar-refractivity contribution in [2.75, 3.05) is 19.5 Å². The molecule has 0 saturated carbocycles. The number of halogens is 1. The Morgan fingerprint density at radius 1 is 1.37 bits per heavy atom. The number of tetrazole rings is 1. The van der Waals surface area contributed by atoms with Crippen molar-refractivity contribution in [2.24, 2.45) is 0 Å². The number of unbranched alkanes of at least 4 members (excludes halogenated alkanes) is 1. The zero-order valence-corrected chi connectivity index (χ0v) is 12.2. The van der Waals surface area contributed by atoms with E-state index in [1.807, 2.05) is 24.3 Å². The van der Waals surface area contributed by atoms with Crippen LogP contribution < -0.4 is 0 Å². The summed E-state index contributed by atoms with van der Waals surface area (Å²) in [5.74, 6) is 0.963. The van der Waals surface area contributed by atoms with Gasteiger partial charge in [-0.05, 0) is 41.5 Å². The van der Waals surface area contributed by atoms with Crippen LogP contribution in [0.3, 0.4) is 0 Å². The minimum absolute atomic E-state index is 0.670. The van der Waals surface area contributed by atoms with Crippen LogP contribution in [0, 0.1) is 0 Å². The molecule has 1 aromatic carbocycles. The number of benzene rings is 1. The summed E-state index contributed by atoms with van der Waals surface area (Å²) >= 11 is 7.61. The first-order valence-electron chi connectivity index (χ1n) is 5.97. The van der Waals surface area contributed by atoms with Crippen LogP contribution in [0.4, 0.5) is 0 Å². The van der Waals surface area contributed by atoms with E-state index in [9.17, 15) is 0 Å². The number of thioether (sulfide) groups is 1. The first-order valence-corrected chi connectivity index (χ1v) is 7.33. The number of aromatic nitrogens is 4. The van der Waals surface area contributed by atoms with Crippen LogP contribution in [0.25, 0.3) is 5.69 Å². The second-order valence-corrected chi connectivity index (χ2v) is 5.40. The summed E-state index contributed by atoms with van der Waals surface area (Å²) in [5.41, 5.74) is 0.872. The molecule has 0 unspecified atom stereocenters. The minimum atomic E-state index is 0.670. The maximum absolute atomic E-state index is 5.97.